The first-order valence-corrected chi connectivity index (χ1v) is 6.49. The highest BCUT2D eigenvalue weighted by Crippen LogP contribution is 2.46. The smallest absolute Gasteiger partial charge is 0.315 e. The predicted octanol–water partition coefficient (Wildman–Crippen LogP) is 2.91. The van der Waals surface area contributed by atoms with Gasteiger partial charge in [-0.05, 0) is 25.3 Å². The summed E-state index contributed by atoms with van der Waals surface area (Å²) in [6.45, 7) is 2.73. The second kappa shape index (κ2) is 5.38. The Labute approximate surface area is 107 Å². The molecule has 0 heterocycles. The Morgan fingerprint density at radius 2 is 2.11 bits per heavy atom. The number of unbranched alkanes of at least 4 members (excludes halogenated alkanes) is 1. The topological polar surface area (TPSA) is 41.1 Å². The maximum absolute atomic E-state index is 13.7. The molecule has 18 heavy (non-hydrogen) atoms. The van der Waals surface area contributed by atoms with Crippen molar-refractivity contribution in [3.8, 4) is 0 Å². The van der Waals surface area contributed by atoms with Crippen LogP contribution >= 0.6 is 0 Å². The molecule has 2 rings (SSSR count). The van der Waals surface area contributed by atoms with E-state index in [0.717, 1.165) is 25.7 Å². The van der Waals surface area contributed by atoms with Crippen LogP contribution in [0.5, 0.6) is 0 Å². The van der Waals surface area contributed by atoms with Crippen molar-refractivity contribution in [2.75, 3.05) is 6.54 Å². The van der Waals surface area contributed by atoms with Crippen LogP contribution in [0, 0.1) is 5.82 Å². The lowest BCUT2D eigenvalue weighted by molar-refractivity contribution is 0.235. The number of nitrogens with one attached hydrogen (secondary N) is 2. The first-order chi connectivity index (χ1) is 8.68. The van der Waals surface area contributed by atoms with Crippen LogP contribution in [-0.2, 0) is 5.54 Å². The number of amides is 2. The summed E-state index contributed by atoms with van der Waals surface area (Å²) < 4.78 is 13.7. The molecule has 2 amide bonds. The number of carbonyl (C=O) groups is 1. The summed E-state index contributed by atoms with van der Waals surface area (Å²) >= 11 is 0. The normalized spacial score (nSPS) is 16.1. The van der Waals surface area contributed by atoms with Crippen molar-refractivity contribution >= 4 is 6.03 Å². The summed E-state index contributed by atoms with van der Waals surface area (Å²) in [6.07, 6.45) is 3.60. The molecule has 1 fully saturated rings. The van der Waals surface area contributed by atoms with Crippen LogP contribution in [0.15, 0.2) is 24.3 Å². The highest BCUT2D eigenvalue weighted by Gasteiger charge is 2.47. The molecule has 3 nitrogen and oxygen atoms in total. The average molecular weight is 250 g/mol. The van der Waals surface area contributed by atoms with E-state index in [2.05, 4.69) is 17.6 Å². The molecule has 2 N–H and O–H groups in total. The van der Waals surface area contributed by atoms with E-state index in [-0.39, 0.29) is 11.8 Å². The van der Waals surface area contributed by atoms with Gasteiger partial charge in [0.25, 0.3) is 0 Å². The van der Waals surface area contributed by atoms with E-state index in [4.69, 9.17) is 0 Å². The molecular formula is C14H19FN2O. The third kappa shape index (κ3) is 2.81. The predicted molar refractivity (Wildman–Crippen MR) is 68.8 cm³/mol. The third-order valence-corrected chi connectivity index (χ3v) is 3.31. The van der Waals surface area contributed by atoms with Crippen molar-refractivity contribution in [3.05, 3.63) is 35.6 Å². The number of urea groups is 1. The molecule has 0 aliphatic heterocycles. The summed E-state index contributed by atoms with van der Waals surface area (Å²) in [4.78, 5) is 11.7. The number of halogens is 1. The minimum Gasteiger partial charge on any atom is -0.338 e. The minimum absolute atomic E-state index is 0.204. The Hall–Kier alpha value is -1.58. The first kappa shape index (κ1) is 12.9. The zero-order valence-corrected chi connectivity index (χ0v) is 10.6. The molecule has 1 aromatic rings. The molecule has 0 aromatic heterocycles. The largest absolute Gasteiger partial charge is 0.338 e. The van der Waals surface area contributed by atoms with E-state index >= 15 is 0 Å². The maximum Gasteiger partial charge on any atom is 0.315 e. The van der Waals surface area contributed by atoms with Crippen molar-refractivity contribution in [1.29, 1.82) is 0 Å². The Morgan fingerprint density at radius 1 is 1.39 bits per heavy atom. The monoisotopic (exact) mass is 250 g/mol. The Morgan fingerprint density at radius 3 is 2.72 bits per heavy atom. The lowest BCUT2D eigenvalue weighted by atomic mass is 10.0. The summed E-state index contributed by atoms with van der Waals surface area (Å²) in [6, 6.07) is 6.44. The summed E-state index contributed by atoms with van der Waals surface area (Å²) in [5.74, 6) is -0.246. The fraction of sp³-hybridized carbons (Fsp3) is 0.500. The lowest BCUT2D eigenvalue weighted by Gasteiger charge is -2.19. The zero-order chi connectivity index (χ0) is 13.0. The number of benzene rings is 1. The number of carbonyl (C=O) groups excluding carboxylic acids is 1. The number of rotatable bonds is 5. The fourth-order valence-electron chi connectivity index (χ4n) is 2.08. The van der Waals surface area contributed by atoms with Gasteiger partial charge >= 0.3 is 6.03 Å². The molecule has 0 bridgehead atoms. The summed E-state index contributed by atoms with van der Waals surface area (Å²) in [5, 5.41) is 5.69. The van der Waals surface area contributed by atoms with Crippen molar-refractivity contribution in [1.82, 2.24) is 10.6 Å². The van der Waals surface area contributed by atoms with E-state index in [1.165, 1.54) is 6.07 Å². The summed E-state index contributed by atoms with van der Waals surface area (Å²) in [5.41, 5.74) is 0.109. The Kier molecular flexibility index (Phi) is 3.84. The van der Waals surface area contributed by atoms with Gasteiger partial charge in [-0.25, -0.2) is 9.18 Å². The molecule has 0 saturated heterocycles. The number of hydrogen-bond acceptors (Lipinski definition) is 1. The fourth-order valence-corrected chi connectivity index (χ4v) is 2.08. The van der Waals surface area contributed by atoms with Gasteiger partial charge in [0.15, 0.2) is 0 Å². The molecule has 0 spiro atoms. The van der Waals surface area contributed by atoms with Gasteiger partial charge in [-0.1, -0.05) is 31.5 Å². The van der Waals surface area contributed by atoms with Crippen molar-refractivity contribution < 1.29 is 9.18 Å². The van der Waals surface area contributed by atoms with Crippen molar-refractivity contribution in [2.45, 2.75) is 38.1 Å². The van der Waals surface area contributed by atoms with E-state index in [1.54, 1.807) is 18.2 Å². The van der Waals surface area contributed by atoms with Gasteiger partial charge in [-0.15, -0.1) is 0 Å². The highest BCUT2D eigenvalue weighted by atomic mass is 19.1. The van der Waals surface area contributed by atoms with Crippen LogP contribution in [0.1, 0.15) is 38.2 Å². The molecule has 1 aliphatic rings. The van der Waals surface area contributed by atoms with Gasteiger partial charge in [0, 0.05) is 12.1 Å². The molecular weight excluding hydrogens is 231 g/mol. The number of hydrogen-bond donors (Lipinski definition) is 2. The molecule has 1 saturated carbocycles. The maximum atomic E-state index is 13.7. The van der Waals surface area contributed by atoms with Gasteiger partial charge in [-0.3, -0.25) is 0 Å². The van der Waals surface area contributed by atoms with Crippen molar-refractivity contribution in [3.63, 3.8) is 0 Å². The second-order valence-electron chi connectivity index (χ2n) is 4.80. The molecule has 0 unspecified atom stereocenters. The zero-order valence-electron chi connectivity index (χ0n) is 10.6. The van der Waals surface area contributed by atoms with Gasteiger partial charge in [-0.2, -0.15) is 0 Å². The lowest BCUT2D eigenvalue weighted by Crippen LogP contribution is -2.42. The molecule has 0 atom stereocenters. The standard InChI is InChI=1S/C14H19FN2O/c1-2-3-10-16-13(18)17-14(8-9-14)11-6-4-5-7-12(11)15/h4-7H,2-3,8-10H2,1H3,(H2,16,17,18). The van der Waals surface area contributed by atoms with Gasteiger partial charge in [0.05, 0.1) is 5.54 Å². The van der Waals surface area contributed by atoms with Crippen LogP contribution < -0.4 is 10.6 Å². The van der Waals surface area contributed by atoms with Crippen LogP contribution in [-0.4, -0.2) is 12.6 Å². The van der Waals surface area contributed by atoms with Gasteiger partial charge < -0.3 is 10.6 Å². The van der Waals surface area contributed by atoms with E-state index in [0.29, 0.717) is 12.1 Å². The second-order valence-corrected chi connectivity index (χ2v) is 4.80. The molecule has 98 valence electrons. The molecule has 1 aromatic carbocycles. The van der Waals surface area contributed by atoms with Crippen LogP contribution in [0.4, 0.5) is 9.18 Å². The van der Waals surface area contributed by atoms with Gasteiger partial charge in [0.2, 0.25) is 0 Å². The van der Waals surface area contributed by atoms with E-state index in [1.807, 2.05) is 0 Å². The molecule has 1 aliphatic carbocycles. The summed E-state index contributed by atoms with van der Waals surface area (Å²) in [7, 11) is 0. The van der Waals surface area contributed by atoms with Crippen LogP contribution in [0.25, 0.3) is 0 Å². The Balaban J connectivity index is 1.96. The van der Waals surface area contributed by atoms with E-state index < -0.39 is 5.54 Å². The van der Waals surface area contributed by atoms with E-state index in [9.17, 15) is 9.18 Å². The first-order valence-electron chi connectivity index (χ1n) is 6.49. The highest BCUT2D eigenvalue weighted by molar-refractivity contribution is 5.75. The quantitative estimate of drug-likeness (QED) is 0.775. The van der Waals surface area contributed by atoms with Crippen molar-refractivity contribution in [2.24, 2.45) is 0 Å². The molecule has 4 heteroatoms. The van der Waals surface area contributed by atoms with Gasteiger partial charge in [0.1, 0.15) is 5.82 Å². The SMILES string of the molecule is CCCCNC(=O)NC1(c2ccccc2F)CC1. The average Bonchev–Trinajstić information content (AvgIpc) is 3.10. The Bertz CT molecular complexity index is 430. The third-order valence-electron chi connectivity index (χ3n) is 3.31. The minimum atomic E-state index is -0.484. The molecule has 0 radical (unpaired) electrons. The van der Waals surface area contributed by atoms with Crippen LogP contribution in [0.2, 0.25) is 0 Å². The van der Waals surface area contributed by atoms with Crippen LogP contribution in [0.3, 0.4) is 0 Å².